The van der Waals surface area contributed by atoms with Gasteiger partial charge < -0.3 is 4.90 Å². The average Bonchev–Trinajstić information content (AvgIpc) is 2.38. The van der Waals surface area contributed by atoms with Crippen molar-refractivity contribution in [3.8, 4) is 0 Å². The van der Waals surface area contributed by atoms with Crippen LogP contribution in [-0.2, 0) is 0 Å². The Labute approximate surface area is 100.0 Å². The summed E-state index contributed by atoms with van der Waals surface area (Å²) in [6.07, 6.45) is 10.9. The zero-order valence-electron chi connectivity index (χ0n) is 9.26. The quantitative estimate of drug-likeness (QED) is 0.645. The molecule has 0 saturated carbocycles. The van der Waals surface area contributed by atoms with Crippen LogP contribution in [0, 0.1) is 0 Å². The highest BCUT2D eigenvalue weighted by molar-refractivity contribution is 9.09. The van der Waals surface area contributed by atoms with E-state index in [0.717, 1.165) is 5.33 Å². The van der Waals surface area contributed by atoms with Crippen molar-refractivity contribution >= 4 is 15.9 Å². The summed E-state index contributed by atoms with van der Waals surface area (Å²) >= 11 is 3.59. The fraction of sp³-hybridized carbons (Fsp3) is 0.385. The largest absolute Gasteiger partial charge is 0.320 e. The average molecular weight is 266 g/mol. The lowest BCUT2D eigenvalue weighted by Crippen LogP contribution is -2.18. The Bertz CT molecular complexity index is 385. The van der Waals surface area contributed by atoms with E-state index in [1.165, 1.54) is 35.4 Å². The summed E-state index contributed by atoms with van der Waals surface area (Å²) in [7, 11) is 0. The third kappa shape index (κ3) is 1.96. The first-order valence-corrected chi connectivity index (χ1v) is 6.44. The molecule has 0 saturated heterocycles. The standard InChI is InChI=1S/C13H16BrN/c1-10-6-7-11(2)13(9-14)15-8-4-3-5-12(10)15/h3-5,8H,6-7,9H2,1-2H3. The topological polar surface area (TPSA) is 3.24 Å². The van der Waals surface area contributed by atoms with Gasteiger partial charge in [0.15, 0.2) is 0 Å². The van der Waals surface area contributed by atoms with Crippen LogP contribution < -0.4 is 0 Å². The molecule has 80 valence electrons. The van der Waals surface area contributed by atoms with Crippen LogP contribution in [0.3, 0.4) is 0 Å². The van der Waals surface area contributed by atoms with E-state index in [-0.39, 0.29) is 0 Å². The molecule has 2 heterocycles. The maximum atomic E-state index is 3.59. The molecule has 0 spiro atoms. The van der Waals surface area contributed by atoms with Gasteiger partial charge in [-0.15, -0.1) is 0 Å². The molecule has 0 aromatic carbocycles. The first-order valence-electron chi connectivity index (χ1n) is 5.32. The van der Waals surface area contributed by atoms with Crippen molar-refractivity contribution in [3.63, 3.8) is 0 Å². The van der Waals surface area contributed by atoms with E-state index < -0.39 is 0 Å². The van der Waals surface area contributed by atoms with E-state index in [1.807, 2.05) is 0 Å². The van der Waals surface area contributed by atoms with Crippen LogP contribution in [-0.4, -0.2) is 10.2 Å². The molecular weight excluding hydrogens is 250 g/mol. The lowest BCUT2D eigenvalue weighted by molar-refractivity contribution is 0.583. The molecule has 2 aliphatic rings. The SMILES string of the molecule is CC1=C2C=CC=CN2C(CBr)=C(C)CC1. The number of nitrogens with zero attached hydrogens (tertiary/aromatic N) is 1. The zero-order chi connectivity index (χ0) is 10.8. The van der Waals surface area contributed by atoms with E-state index in [0.29, 0.717) is 0 Å². The van der Waals surface area contributed by atoms with E-state index in [9.17, 15) is 0 Å². The molecule has 0 radical (unpaired) electrons. The van der Waals surface area contributed by atoms with Gasteiger partial charge in [-0.3, -0.25) is 0 Å². The van der Waals surface area contributed by atoms with Gasteiger partial charge >= 0.3 is 0 Å². The Morgan fingerprint density at radius 1 is 1.20 bits per heavy atom. The van der Waals surface area contributed by atoms with Gasteiger partial charge in [-0.2, -0.15) is 0 Å². The van der Waals surface area contributed by atoms with E-state index in [1.54, 1.807) is 0 Å². The summed E-state index contributed by atoms with van der Waals surface area (Å²) in [5, 5.41) is 0.924. The molecule has 15 heavy (non-hydrogen) atoms. The van der Waals surface area contributed by atoms with Crippen molar-refractivity contribution in [2.24, 2.45) is 0 Å². The van der Waals surface area contributed by atoms with E-state index in [2.05, 4.69) is 59.1 Å². The van der Waals surface area contributed by atoms with Gasteiger partial charge in [-0.25, -0.2) is 0 Å². The van der Waals surface area contributed by atoms with E-state index in [4.69, 9.17) is 0 Å². The fourth-order valence-corrected chi connectivity index (χ4v) is 2.81. The van der Waals surface area contributed by atoms with Crippen LogP contribution in [0.15, 0.2) is 47.0 Å². The lowest BCUT2D eigenvalue weighted by Gasteiger charge is -2.27. The van der Waals surface area contributed by atoms with Gasteiger partial charge in [-0.1, -0.05) is 27.6 Å². The monoisotopic (exact) mass is 265 g/mol. The molecule has 0 aromatic heterocycles. The van der Waals surface area contributed by atoms with Gasteiger partial charge in [0.25, 0.3) is 0 Å². The van der Waals surface area contributed by atoms with Crippen LogP contribution in [0.4, 0.5) is 0 Å². The number of alkyl halides is 1. The second-order valence-corrected chi connectivity index (χ2v) is 4.66. The fourth-order valence-electron chi connectivity index (χ4n) is 2.06. The predicted molar refractivity (Wildman–Crippen MR) is 68.5 cm³/mol. The minimum atomic E-state index is 0.924. The molecule has 0 fully saturated rings. The summed E-state index contributed by atoms with van der Waals surface area (Å²) in [5.41, 5.74) is 5.71. The van der Waals surface area contributed by atoms with Gasteiger partial charge in [-0.05, 0) is 44.4 Å². The smallest absolute Gasteiger partial charge is 0.0441 e. The Morgan fingerprint density at radius 3 is 2.67 bits per heavy atom. The lowest BCUT2D eigenvalue weighted by atomic mass is 10.1. The molecule has 0 atom stereocenters. The molecule has 0 amide bonds. The van der Waals surface area contributed by atoms with Crippen LogP contribution in [0.1, 0.15) is 26.7 Å². The zero-order valence-corrected chi connectivity index (χ0v) is 10.8. The summed E-state index contributed by atoms with van der Waals surface area (Å²) in [6.45, 7) is 4.47. The molecule has 2 heteroatoms. The highest BCUT2D eigenvalue weighted by Crippen LogP contribution is 2.32. The van der Waals surface area contributed by atoms with Crippen molar-refractivity contribution < 1.29 is 0 Å². The summed E-state index contributed by atoms with van der Waals surface area (Å²) < 4.78 is 0. The van der Waals surface area contributed by atoms with Crippen molar-refractivity contribution in [2.75, 3.05) is 5.33 Å². The summed E-state index contributed by atoms with van der Waals surface area (Å²) in [4.78, 5) is 2.31. The third-order valence-corrected chi connectivity index (χ3v) is 3.61. The molecule has 2 aliphatic heterocycles. The first-order chi connectivity index (χ1) is 7.24. The van der Waals surface area contributed by atoms with Crippen molar-refractivity contribution in [2.45, 2.75) is 26.7 Å². The highest BCUT2D eigenvalue weighted by Gasteiger charge is 2.19. The van der Waals surface area contributed by atoms with Crippen LogP contribution in [0.5, 0.6) is 0 Å². The number of hydrogen-bond donors (Lipinski definition) is 0. The maximum absolute atomic E-state index is 3.59. The van der Waals surface area contributed by atoms with Crippen molar-refractivity contribution in [1.82, 2.24) is 4.90 Å². The van der Waals surface area contributed by atoms with Gasteiger partial charge in [0.2, 0.25) is 0 Å². The normalized spacial score (nSPS) is 20.9. The molecule has 1 nitrogen and oxygen atoms in total. The molecular formula is C13H16BrN. The number of rotatable bonds is 1. The maximum Gasteiger partial charge on any atom is 0.0441 e. The Hall–Kier alpha value is -0.760. The minimum absolute atomic E-state index is 0.924. The van der Waals surface area contributed by atoms with Crippen LogP contribution >= 0.6 is 15.9 Å². The molecule has 2 rings (SSSR count). The molecule has 0 bridgehead atoms. The second-order valence-electron chi connectivity index (χ2n) is 4.10. The number of halogens is 1. The number of fused-ring (bicyclic) bond motifs is 1. The van der Waals surface area contributed by atoms with Gasteiger partial charge in [0.1, 0.15) is 0 Å². The number of allylic oxidation sites excluding steroid dienone is 6. The van der Waals surface area contributed by atoms with Gasteiger partial charge in [0, 0.05) is 22.9 Å². The number of hydrogen-bond acceptors (Lipinski definition) is 1. The second kappa shape index (κ2) is 4.40. The van der Waals surface area contributed by atoms with E-state index >= 15 is 0 Å². The third-order valence-electron chi connectivity index (χ3n) is 3.08. The van der Waals surface area contributed by atoms with Crippen LogP contribution in [0.25, 0.3) is 0 Å². The Balaban J connectivity index is 2.48. The highest BCUT2D eigenvalue weighted by atomic mass is 79.9. The minimum Gasteiger partial charge on any atom is -0.320 e. The Morgan fingerprint density at radius 2 is 1.93 bits per heavy atom. The molecule has 0 aromatic rings. The van der Waals surface area contributed by atoms with Crippen molar-refractivity contribution in [3.05, 3.63) is 47.0 Å². The summed E-state index contributed by atoms with van der Waals surface area (Å²) in [5.74, 6) is 0. The van der Waals surface area contributed by atoms with Crippen molar-refractivity contribution in [1.29, 1.82) is 0 Å². The molecule has 0 unspecified atom stereocenters. The molecule has 0 N–H and O–H groups in total. The Kier molecular flexibility index (Phi) is 3.15. The summed E-state index contributed by atoms with van der Waals surface area (Å²) in [6, 6.07) is 0. The predicted octanol–water partition coefficient (Wildman–Crippen LogP) is 4.11. The van der Waals surface area contributed by atoms with Crippen LogP contribution in [0.2, 0.25) is 0 Å². The first kappa shape index (κ1) is 10.7. The van der Waals surface area contributed by atoms with Gasteiger partial charge in [0.05, 0.1) is 0 Å². The molecule has 0 aliphatic carbocycles.